The first-order chi connectivity index (χ1) is 16.2. The maximum Gasteiger partial charge on any atom is 0.236 e. The number of hydrogen-bond acceptors (Lipinski definition) is 4. The molecule has 4 nitrogen and oxygen atoms in total. The SMILES string of the molecule is C[Si](C)(C)CCOc1nc(O[C@H]2CCc3c(-c4cccc(Br)c4Cl)cccc32)c(Cl)cc1C=O. The quantitative estimate of drug-likeness (QED) is 0.199. The second-order valence-electron chi connectivity index (χ2n) is 9.57. The van der Waals surface area contributed by atoms with Crippen LogP contribution in [0.1, 0.15) is 34.0 Å². The Bertz CT molecular complexity index is 1230. The van der Waals surface area contributed by atoms with Crippen molar-refractivity contribution < 1.29 is 14.3 Å². The van der Waals surface area contributed by atoms with Crippen LogP contribution in [0.4, 0.5) is 0 Å². The van der Waals surface area contributed by atoms with Crippen LogP contribution in [0, 0.1) is 0 Å². The van der Waals surface area contributed by atoms with E-state index in [1.165, 1.54) is 5.56 Å². The van der Waals surface area contributed by atoms with Crippen LogP contribution < -0.4 is 9.47 Å². The number of aldehydes is 1. The van der Waals surface area contributed by atoms with Crippen molar-refractivity contribution in [2.45, 2.75) is 44.6 Å². The van der Waals surface area contributed by atoms with Crippen LogP contribution >= 0.6 is 39.1 Å². The van der Waals surface area contributed by atoms with E-state index in [-0.39, 0.29) is 17.9 Å². The molecule has 1 heterocycles. The minimum Gasteiger partial charge on any atom is -0.477 e. The minimum absolute atomic E-state index is 0.206. The summed E-state index contributed by atoms with van der Waals surface area (Å²) in [6.45, 7) is 7.32. The fraction of sp³-hybridized carbons (Fsp3) is 0.308. The highest BCUT2D eigenvalue weighted by Crippen LogP contribution is 2.43. The first kappa shape index (κ1) is 25.2. The molecule has 0 radical (unpaired) electrons. The van der Waals surface area contributed by atoms with Crippen molar-refractivity contribution in [3.05, 3.63) is 73.7 Å². The molecule has 2 aromatic carbocycles. The number of aromatic nitrogens is 1. The molecule has 0 fully saturated rings. The van der Waals surface area contributed by atoms with Crippen LogP contribution in [0.15, 0.2) is 46.9 Å². The van der Waals surface area contributed by atoms with Crippen LogP contribution in [-0.2, 0) is 6.42 Å². The van der Waals surface area contributed by atoms with Gasteiger partial charge in [-0.25, -0.2) is 0 Å². The molecule has 0 spiro atoms. The average Bonchev–Trinajstić information content (AvgIpc) is 3.20. The van der Waals surface area contributed by atoms with E-state index in [0.29, 0.717) is 28.5 Å². The number of ether oxygens (including phenoxy) is 2. The first-order valence-corrected chi connectivity index (χ1v) is 16.4. The van der Waals surface area contributed by atoms with Gasteiger partial charge in [-0.15, -0.1) is 0 Å². The van der Waals surface area contributed by atoms with E-state index in [2.05, 4.69) is 52.7 Å². The normalized spacial score (nSPS) is 15.2. The second-order valence-corrected chi connectivity index (χ2v) is 16.8. The molecule has 8 heteroatoms. The summed E-state index contributed by atoms with van der Waals surface area (Å²) in [7, 11) is -1.28. The van der Waals surface area contributed by atoms with Crippen LogP contribution in [0.25, 0.3) is 11.1 Å². The Morgan fingerprint density at radius 2 is 1.85 bits per heavy atom. The lowest BCUT2D eigenvalue weighted by molar-refractivity contribution is 0.111. The fourth-order valence-electron chi connectivity index (χ4n) is 4.04. The number of pyridine rings is 1. The Morgan fingerprint density at radius 1 is 1.12 bits per heavy atom. The van der Waals surface area contributed by atoms with E-state index in [1.807, 2.05) is 24.3 Å². The molecular weight excluding hydrogens is 553 g/mol. The van der Waals surface area contributed by atoms with E-state index in [4.69, 9.17) is 32.7 Å². The van der Waals surface area contributed by atoms with Gasteiger partial charge < -0.3 is 9.47 Å². The predicted molar refractivity (Wildman–Crippen MR) is 145 cm³/mol. The lowest BCUT2D eigenvalue weighted by Crippen LogP contribution is -2.22. The molecule has 0 saturated carbocycles. The summed E-state index contributed by atoms with van der Waals surface area (Å²) < 4.78 is 13.0. The molecule has 1 aromatic heterocycles. The summed E-state index contributed by atoms with van der Waals surface area (Å²) in [4.78, 5) is 16.0. The number of carbonyl (C=O) groups excluding carboxylic acids is 1. The molecule has 4 rings (SSSR count). The summed E-state index contributed by atoms with van der Waals surface area (Å²) in [5.74, 6) is 0.541. The molecule has 0 saturated heterocycles. The maximum atomic E-state index is 11.6. The molecule has 3 aromatic rings. The summed E-state index contributed by atoms with van der Waals surface area (Å²) in [5, 5.41) is 0.980. The van der Waals surface area contributed by atoms with Gasteiger partial charge in [-0.05, 0) is 63.6 Å². The number of fused-ring (bicyclic) bond motifs is 1. The highest BCUT2D eigenvalue weighted by Gasteiger charge is 2.29. The lowest BCUT2D eigenvalue weighted by atomic mass is 9.96. The number of rotatable bonds is 8. The number of carbonyl (C=O) groups is 1. The number of hydrogen-bond donors (Lipinski definition) is 0. The fourth-order valence-corrected chi connectivity index (χ4v) is 5.56. The highest BCUT2D eigenvalue weighted by atomic mass is 79.9. The second kappa shape index (κ2) is 10.4. The van der Waals surface area contributed by atoms with Gasteiger partial charge in [-0.2, -0.15) is 4.98 Å². The molecule has 1 aliphatic carbocycles. The zero-order valence-corrected chi connectivity index (χ0v) is 23.4. The van der Waals surface area contributed by atoms with E-state index >= 15 is 0 Å². The van der Waals surface area contributed by atoms with Crippen LogP contribution in [0.3, 0.4) is 0 Å². The molecule has 0 amide bonds. The van der Waals surface area contributed by atoms with Gasteiger partial charge in [0.1, 0.15) is 11.1 Å². The van der Waals surface area contributed by atoms with Crippen LogP contribution in [-0.4, -0.2) is 26.0 Å². The highest BCUT2D eigenvalue weighted by molar-refractivity contribution is 9.10. The summed E-state index contributed by atoms with van der Waals surface area (Å²) in [6, 6.07) is 14.6. The average molecular weight is 579 g/mol. The monoisotopic (exact) mass is 577 g/mol. The van der Waals surface area contributed by atoms with Gasteiger partial charge >= 0.3 is 0 Å². The van der Waals surface area contributed by atoms with Crippen molar-refractivity contribution in [1.82, 2.24) is 4.98 Å². The van der Waals surface area contributed by atoms with Crippen molar-refractivity contribution in [1.29, 1.82) is 0 Å². The van der Waals surface area contributed by atoms with E-state index < -0.39 is 8.07 Å². The number of halogens is 3. The molecule has 0 unspecified atom stereocenters. The predicted octanol–water partition coefficient (Wildman–Crippen LogP) is 8.41. The molecule has 178 valence electrons. The maximum absolute atomic E-state index is 11.6. The zero-order chi connectivity index (χ0) is 24.5. The zero-order valence-electron chi connectivity index (χ0n) is 19.3. The molecule has 0 N–H and O–H groups in total. The van der Waals surface area contributed by atoms with Crippen molar-refractivity contribution in [2.24, 2.45) is 0 Å². The number of benzene rings is 2. The van der Waals surface area contributed by atoms with E-state index in [1.54, 1.807) is 6.07 Å². The van der Waals surface area contributed by atoms with Crippen LogP contribution in [0.5, 0.6) is 11.8 Å². The van der Waals surface area contributed by atoms with Gasteiger partial charge in [0.2, 0.25) is 11.8 Å². The Balaban J connectivity index is 1.61. The number of nitrogens with zero attached hydrogens (tertiary/aromatic N) is 1. The van der Waals surface area contributed by atoms with E-state index in [9.17, 15) is 4.79 Å². The third-order valence-electron chi connectivity index (χ3n) is 5.87. The standard InChI is InChI=1S/C26H26BrCl2NO3Si/c1-34(2,3)13-12-32-25-16(15-31)14-22(28)26(30-25)33-23-11-10-18-17(6-4-7-19(18)23)20-8-5-9-21(27)24(20)29/h4-9,14-15,23H,10-13H2,1-3H3/t23-/m0/s1. The molecule has 0 aliphatic heterocycles. The van der Waals surface area contributed by atoms with Gasteiger partial charge in [-0.3, -0.25) is 4.79 Å². The molecule has 0 bridgehead atoms. The van der Waals surface area contributed by atoms with Gasteiger partial charge in [-0.1, -0.05) is 73.2 Å². The van der Waals surface area contributed by atoms with Gasteiger partial charge in [0.25, 0.3) is 0 Å². The summed E-state index contributed by atoms with van der Waals surface area (Å²) in [6.07, 6.45) is 2.15. The Hall–Kier alpha value is -1.86. The van der Waals surface area contributed by atoms with Gasteiger partial charge in [0, 0.05) is 18.1 Å². The Kier molecular flexibility index (Phi) is 7.72. The topological polar surface area (TPSA) is 48.4 Å². The van der Waals surface area contributed by atoms with Crippen molar-refractivity contribution in [3.8, 4) is 22.9 Å². The molecule has 34 heavy (non-hydrogen) atoms. The van der Waals surface area contributed by atoms with Gasteiger partial charge in [0.05, 0.1) is 17.2 Å². The minimum atomic E-state index is -1.28. The van der Waals surface area contributed by atoms with Gasteiger partial charge in [0.15, 0.2) is 6.29 Å². The molecule has 1 atom stereocenters. The molecular formula is C26H26BrCl2NO3Si. The first-order valence-electron chi connectivity index (χ1n) is 11.2. The lowest BCUT2D eigenvalue weighted by Gasteiger charge is -2.19. The Labute approximate surface area is 219 Å². The van der Waals surface area contributed by atoms with Crippen molar-refractivity contribution >= 4 is 53.5 Å². The third-order valence-corrected chi connectivity index (χ3v) is 9.14. The Morgan fingerprint density at radius 3 is 2.59 bits per heavy atom. The van der Waals surface area contributed by atoms with E-state index in [0.717, 1.165) is 40.0 Å². The van der Waals surface area contributed by atoms with Crippen molar-refractivity contribution in [2.75, 3.05) is 6.61 Å². The smallest absolute Gasteiger partial charge is 0.236 e. The summed E-state index contributed by atoms with van der Waals surface area (Å²) in [5.41, 5.74) is 4.71. The largest absolute Gasteiger partial charge is 0.477 e. The third kappa shape index (κ3) is 5.51. The summed E-state index contributed by atoms with van der Waals surface area (Å²) >= 11 is 16.5. The molecule has 1 aliphatic rings. The van der Waals surface area contributed by atoms with Crippen LogP contribution in [0.2, 0.25) is 35.7 Å². The van der Waals surface area contributed by atoms with Crippen molar-refractivity contribution in [3.63, 3.8) is 0 Å².